The molecule has 0 spiro atoms. The number of ether oxygens (including phenoxy) is 2. The van der Waals surface area contributed by atoms with E-state index in [2.05, 4.69) is 26.1 Å². The molecule has 3 nitrogen and oxygen atoms in total. The molecular formula is C14H25NO2. The summed E-state index contributed by atoms with van der Waals surface area (Å²) >= 11 is 0. The molecule has 0 radical (unpaired) electrons. The van der Waals surface area contributed by atoms with Crippen LogP contribution in [0.25, 0.3) is 0 Å². The number of rotatable bonds is 3. The van der Waals surface area contributed by atoms with E-state index >= 15 is 0 Å². The zero-order valence-corrected chi connectivity index (χ0v) is 11.3. The molecule has 1 heterocycles. The monoisotopic (exact) mass is 239 g/mol. The lowest BCUT2D eigenvalue weighted by atomic mass is 9.69. The van der Waals surface area contributed by atoms with Crippen LogP contribution >= 0.6 is 0 Å². The van der Waals surface area contributed by atoms with Gasteiger partial charge in [-0.25, -0.2) is 0 Å². The number of fused-ring (bicyclic) bond motifs is 2. The third kappa shape index (κ3) is 1.66. The normalized spacial score (nSPS) is 44.6. The summed E-state index contributed by atoms with van der Waals surface area (Å²) in [5.41, 5.74) is 0.943. The predicted molar refractivity (Wildman–Crippen MR) is 66.7 cm³/mol. The maximum atomic E-state index is 5.49. The van der Waals surface area contributed by atoms with E-state index in [1.54, 1.807) is 0 Å². The van der Waals surface area contributed by atoms with Crippen molar-refractivity contribution in [1.82, 2.24) is 5.32 Å². The molecule has 3 aliphatic rings. The van der Waals surface area contributed by atoms with Crippen LogP contribution in [-0.4, -0.2) is 32.1 Å². The second-order valence-corrected chi connectivity index (χ2v) is 6.74. The van der Waals surface area contributed by atoms with E-state index in [-0.39, 0.29) is 6.29 Å². The van der Waals surface area contributed by atoms with Gasteiger partial charge >= 0.3 is 0 Å². The molecule has 1 N–H and O–H groups in total. The minimum Gasteiger partial charge on any atom is -0.349 e. The Balaban J connectivity index is 1.62. The SMILES string of the molecule is CC1(C)C2CCC1(C)C(NCC1OCCO1)C2. The third-order valence-electron chi connectivity index (χ3n) is 6.02. The Labute approximate surface area is 104 Å². The maximum absolute atomic E-state index is 5.49. The van der Waals surface area contributed by atoms with Crippen LogP contribution in [-0.2, 0) is 9.47 Å². The number of nitrogens with one attached hydrogen (secondary N) is 1. The van der Waals surface area contributed by atoms with E-state index in [0.29, 0.717) is 16.9 Å². The largest absolute Gasteiger partial charge is 0.349 e. The van der Waals surface area contributed by atoms with Crippen LogP contribution in [0, 0.1) is 16.7 Å². The Morgan fingerprint density at radius 1 is 1.18 bits per heavy atom. The van der Waals surface area contributed by atoms with Crippen LogP contribution in [0.3, 0.4) is 0 Å². The number of hydrogen-bond acceptors (Lipinski definition) is 3. The first-order valence-electron chi connectivity index (χ1n) is 7.00. The Morgan fingerprint density at radius 2 is 1.88 bits per heavy atom. The van der Waals surface area contributed by atoms with E-state index in [1.807, 2.05) is 0 Å². The van der Waals surface area contributed by atoms with Gasteiger partial charge in [0.25, 0.3) is 0 Å². The summed E-state index contributed by atoms with van der Waals surface area (Å²) in [5.74, 6) is 0.899. The smallest absolute Gasteiger partial charge is 0.170 e. The number of hydrogen-bond donors (Lipinski definition) is 1. The highest BCUT2D eigenvalue weighted by atomic mass is 16.7. The van der Waals surface area contributed by atoms with Gasteiger partial charge in [-0.2, -0.15) is 0 Å². The van der Waals surface area contributed by atoms with Crippen molar-refractivity contribution >= 4 is 0 Å². The van der Waals surface area contributed by atoms with Gasteiger partial charge < -0.3 is 14.8 Å². The minimum absolute atomic E-state index is 0.0131. The standard InChI is InChI=1S/C14H25NO2/c1-13(2)10-4-5-14(13,3)11(8-10)15-9-12-16-6-7-17-12/h10-12,15H,4-9H2,1-3H3. The Hall–Kier alpha value is -0.120. The lowest BCUT2D eigenvalue weighted by molar-refractivity contribution is -0.0440. The molecule has 0 amide bonds. The summed E-state index contributed by atoms with van der Waals surface area (Å²) in [7, 11) is 0. The van der Waals surface area contributed by atoms with Gasteiger partial charge in [-0.05, 0) is 36.0 Å². The van der Waals surface area contributed by atoms with Crippen LogP contribution in [0.15, 0.2) is 0 Å². The van der Waals surface area contributed by atoms with Crippen LogP contribution in [0.2, 0.25) is 0 Å². The lowest BCUT2D eigenvalue weighted by Crippen LogP contribution is -2.46. The summed E-state index contributed by atoms with van der Waals surface area (Å²) in [6.45, 7) is 9.73. The van der Waals surface area contributed by atoms with Crippen molar-refractivity contribution in [2.45, 2.75) is 52.4 Å². The zero-order chi connectivity index (χ0) is 12.1. The second kappa shape index (κ2) is 3.94. The second-order valence-electron chi connectivity index (χ2n) is 6.74. The molecule has 3 fully saturated rings. The van der Waals surface area contributed by atoms with Gasteiger partial charge in [0.05, 0.1) is 13.2 Å². The Kier molecular flexibility index (Phi) is 2.77. The molecule has 3 atom stereocenters. The first-order chi connectivity index (χ1) is 8.04. The molecule has 0 aromatic heterocycles. The Bertz CT molecular complexity index is 299. The molecule has 1 saturated heterocycles. The van der Waals surface area contributed by atoms with E-state index in [1.165, 1.54) is 19.3 Å². The van der Waals surface area contributed by atoms with Crippen LogP contribution in [0.1, 0.15) is 40.0 Å². The van der Waals surface area contributed by atoms with Crippen molar-refractivity contribution in [2.75, 3.05) is 19.8 Å². The van der Waals surface area contributed by atoms with E-state index in [4.69, 9.17) is 9.47 Å². The van der Waals surface area contributed by atoms with E-state index < -0.39 is 0 Å². The Morgan fingerprint density at radius 3 is 2.41 bits per heavy atom. The van der Waals surface area contributed by atoms with E-state index in [0.717, 1.165) is 25.7 Å². The molecule has 3 rings (SSSR count). The fourth-order valence-corrected chi connectivity index (χ4v) is 4.28. The molecule has 2 bridgehead atoms. The van der Waals surface area contributed by atoms with Gasteiger partial charge in [-0.3, -0.25) is 0 Å². The molecule has 1 aliphatic heterocycles. The molecular weight excluding hydrogens is 214 g/mol. The van der Waals surface area contributed by atoms with Crippen molar-refractivity contribution in [2.24, 2.45) is 16.7 Å². The predicted octanol–water partition coefficient (Wildman–Crippen LogP) is 2.16. The molecule has 0 aromatic rings. The van der Waals surface area contributed by atoms with Crippen molar-refractivity contribution in [3.63, 3.8) is 0 Å². The average molecular weight is 239 g/mol. The third-order valence-corrected chi connectivity index (χ3v) is 6.02. The van der Waals surface area contributed by atoms with Crippen LogP contribution in [0.5, 0.6) is 0 Å². The fraction of sp³-hybridized carbons (Fsp3) is 1.00. The van der Waals surface area contributed by atoms with Gasteiger partial charge in [0, 0.05) is 12.6 Å². The zero-order valence-electron chi connectivity index (χ0n) is 11.3. The van der Waals surface area contributed by atoms with Crippen molar-refractivity contribution in [3.05, 3.63) is 0 Å². The van der Waals surface area contributed by atoms with Crippen LogP contribution in [0.4, 0.5) is 0 Å². The molecule has 98 valence electrons. The highest BCUT2D eigenvalue weighted by molar-refractivity contribution is 5.12. The maximum Gasteiger partial charge on any atom is 0.170 e. The summed E-state index contributed by atoms with van der Waals surface area (Å²) in [6.07, 6.45) is 4.10. The van der Waals surface area contributed by atoms with Gasteiger partial charge in [0.15, 0.2) is 6.29 Å². The quantitative estimate of drug-likeness (QED) is 0.818. The first-order valence-corrected chi connectivity index (χ1v) is 7.00. The van der Waals surface area contributed by atoms with Gasteiger partial charge in [0.1, 0.15) is 0 Å². The first kappa shape index (κ1) is 11.9. The fourth-order valence-electron chi connectivity index (χ4n) is 4.28. The molecule has 3 unspecified atom stereocenters. The summed E-state index contributed by atoms with van der Waals surface area (Å²) < 4.78 is 11.0. The van der Waals surface area contributed by atoms with Gasteiger partial charge in [-0.1, -0.05) is 20.8 Å². The molecule has 3 heteroatoms. The lowest BCUT2D eigenvalue weighted by Gasteiger charge is -2.39. The average Bonchev–Trinajstić information content (AvgIpc) is 2.91. The topological polar surface area (TPSA) is 30.5 Å². The molecule has 0 aromatic carbocycles. The van der Waals surface area contributed by atoms with Gasteiger partial charge in [-0.15, -0.1) is 0 Å². The molecule has 2 saturated carbocycles. The summed E-state index contributed by atoms with van der Waals surface area (Å²) in [4.78, 5) is 0. The highest BCUT2D eigenvalue weighted by Crippen LogP contribution is 2.65. The van der Waals surface area contributed by atoms with Crippen molar-refractivity contribution in [1.29, 1.82) is 0 Å². The van der Waals surface area contributed by atoms with E-state index in [9.17, 15) is 0 Å². The van der Waals surface area contributed by atoms with Gasteiger partial charge in [0.2, 0.25) is 0 Å². The minimum atomic E-state index is -0.0131. The van der Waals surface area contributed by atoms with Crippen molar-refractivity contribution < 1.29 is 9.47 Å². The van der Waals surface area contributed by atoms with Crippen LogP contribution < -0.4 is 5.32 Å². The van der Waals surface area contributed by atoms with Crippen molar-refractivity contribution in [3.8, 4) is 0 Å². The molecule has 17 heavy (non-hydrogen) atoms. The summed E-state index contributed by atoms with van der Waals surface area (Å²) in [5, 5.41) is 3.70. The summed E-state index contributed by atoms with van der Waals surface area (Å²) in [6, 6.07) is 0.643. The highest BCUT2D eigenvalue weighted by Gasteiger charge is 2.61. The molecule has 2 aliphatic carbocycles.